The molecule has 3 aliphatic heterocycles. The van der Waals surface area contributed by atoms with E-state index in [2.05, 4.69) is 30.5 Å². The van der Waals surface area contributed by atoms with E-state index >= 15 is 0 Å². The van der Waals surface area contributed by atoms with Crippen molar-refractivity contribution in [3.63, 3.8) is 0 Å². The Hall–Kier alpha value is -3.84. The van der Waals surface area contributed by atoms with Crippen molar-refractivity contribution in [2.24, 2.45) is 0 Å². The molecule has 2 saturated heterocycles. The number of nitrogens with one attached hydrogen (secondary N) is 1. The van der Waals surface area contributed by atoms with Crippen molar-refractivity contribution in [2.75, 3.05) is 42.6 Å². The highest BCUT2D eigenvalue weighted by atomic mass is 16.5. The molecule has 3 aromatic rings. The molecule has 2 fully saturated rings. The molecule has 0 spiro atoms. The van der Waals surface area contributed by atoms with Gasteiger partial charge in [-0.25, -0.2) is 14.6 Å². The van der Waals surface area contributed by atoms with Crippen LogP contribution in [0.25, 0.3) is 0 Å². The smallest absolute Gasteiger partial charge is 0.274 e. The number of aliphatic hydroxyl groups is 1. The second-order valence-corrected chi connectivity index (χ2v) is 9.44. The number of nitrogens with zero attached hydrogens (tertiary/aromatic N) is 8. The summed E-state index contributed by atoms with van der Waals surface area (Å²) < 4.78 is 13.8. The Morgan fingerprint density at radius 3 is 2.84 bits per heavy atom. The van der Waals surface area contributed by atoms with E-state index in [0.717, 1.165) is 31.7 Å². The average molecular weight is 508 g/mol. The maximum absolute atomic E-state index is 13.2. The van der Waals surface area contributed by atoms with E-state index < -0.39 is 0 Å². The van der Waals surface area contributed by atoms with Crippen molar-refractivity contribution in [1.82, 2.24) is 35.3 Å². The summed E-state index contributed by atoms with van der Waals surface area (Å²) in [7, 11) is 0. The molecule has 3 aliphatic rings. The van der Waals surface area contributed by atoms with Gasteiger partial charge >= 0.3 is 0 Å². The molecule has 194 valence electrons. The van der Waals surface area contributed by atoms with E-state index in [4.69, 9.17) is 14.5 Å². The van der Waals surface area contributed by atoms with Crippen LogP contribution >= 0.6 is 0 Å². The predicted octanol–water partition coefficient (Wildman–Crippen LogP) is 0.0206. The van der Waals surface area contributed by atoms with Crippen LogP contribution in [0, 0.1) is 0 Å². The minimum absolute atomic E-state index is 0.224. The monoisotopic (exact) mass is 507 g/mol. The molecular weight excluding hydrogens is 478 g/mol. The van der Waals surface area contributed by atoms with Crippen LogP contribution in [0.15, 0.2) is 36.8 Å². The van der Waals surface area contributed by atoms with Gasteiger partial charge in [0.1, 0.15) is 18.1 Å². The van der Waals surface area contributed by atoms with Crippen molar-refractivity contribution in [3.8, 4) is 5.75 Å². The summed E-state index contributed by atoms with van der Waals surface area (Å²) >= 11 is 0. The molecule has 6 rings (SSSR count). The number of aliphatic hydroxyl groups excluding tert-OH is 1. The van der Waals surface area contributed by atoms with Crippen LogP contribution in [0.4, 0.5) is 11.8 Å². The Morgan fingerprint density at radius 1 is 1.05 bits per heavy atom. The lowest BCUT2D eigenvalue weighted by Crippen LogP contribution is -2.44. The van der Waals surface area contributed by atoms with Crippen LogP contribution in [-0.4, -0.2) is 92.0 Å². The van der Waals surface area contributed by atoms with Crippen molar-refractivity contribution < 1.29 is 19.4 Å². The minimum Gasteiger partial charge on any atom is -0.489 e. The molecule has 0 saturated carbocycles. The number of piperidine rings is 1. The van der Waals surface area contributed by atoms with Crippen LogP contribution in [0.3, 0.4) is 0 Å². The van der Waals surface area contributed by atoms with Gasteiger partial charge in [0, 0.05) is 38.6 Å². The fourth-order valence-electron chi connectivity index (χ4n) is 4.88. The van der Waals surface area contributed by atoms with E-state index in [1.807, 2.05) is 17.2 Å². The van der Waals surface area contributed by atoms with E-state index in [9.17, 15) is 9.90 Å². The molecule has 2 N–H and O–H groups in total. The molecular formula is C24H29N9O4. The molecule has 1 amide bonds. The van der Waals surface area contributed by atoms with Gasteiger partial charge in [0.05, 0.1) is 37.6 Å². The second-order valence-electron chi connectivity index (χ2n) is 9.44. The van der Waals surface area contributed by atoms with Gasteiger partial charge in [-0.1, -0.05) is 5.21 Å². The highest BCUT2D eigenvalue weighted by molar-refractivity contribution is 5.95. The van der Waals surface area contributed by atoms with Crippen LogP contribution in [-0.2, 0) is 17.9 Å². The van der Waals surface area contributed by atoms with E-state index in [-0.39, 0.29) is 36.5 Å². The number of aromatic nitrogens is 6. The van der Waals surface area contributed by atoms with Gasteiger partial charge in [-0.2, -0.15) is 4.98 Å². The van der Waals surface area contributed by atoms with Gasteiger partial charge in [0.15, 0.2) is 11.4 Å². The fourth-order valence-corrected chi connectivity index (χ4v) is 4.88. The highest BCUT2D eigenvalue weighted by Crippen LogP contribution is 2.25. The van der Waals surface area contributed by atoms with E-state index in [0.29, 0.717) is 43.6 Å². The fraction of sp³-hybridized carbons (Fsp3) is 0.500. The quantitative estimate of drug-likeness (QED) is 0.484. The van der Waals surface area contributed by atoms with Crippen molar-refractivity contribution in [2.45, 2.75) is 44.2 Å². The lowest BCUT2D eigenvalue weighted by atomic mass is 10.1. The first-order valence-electron chi connectivity index (χ1n) is 12.5. The number of amides is 1. The third kappa shape index (κ3) is 5.18. The number of hydrogen-bond donors (Lipinski definition) is 2. The number of ether oxygens (including phenoxy) is 2. The highest BCUT2D eigenvalue weighted by Gasteiger charge is 2.37. The van der Waals surface area contributed by atoms with Crippen molar-refractivity contribution >= 4 is 17.7 Å². The Morgan fingerprint density at radius 2 is 1.95 bits per heavy atom. The molecule has 13 heteroatoms. The van der Waals surface area contributed by atoms with Gasteiger partial charge < -0.3 is 29.7 Å². The maximum Gasteiger partial charge on any atom is 0.274 e. The number of anilines is 2. The minimum atomic E-state index is -0.335. The number of fused-ring (bicyclic) bond motifs is 4. The first-order valence-corrected chi connectivity index (χ1v) is 12.5. The number of pyridine rings is 1. The SMILES string of the molecule is O=C1N[C@H]2CN(c3nccc(N4CCC(O)CC4)n3)C[C@@H]2OCc2cn(nn2)CCOc2cccnc21. The summed E-state index contributed by atoms with van der Waals surface area (Å²) in [4.78, 5) is 31.0. The molecule has 3 aromatic heterocycles. The first kappa shape index (κ1) is 23.6. The summed E-state index contributed by atoms with van der Waals surface area (Å²) in [5.74, 6) is 1.48. The Labute approximate surface area is 213 Å². The third-order valence-electron chi connectivity index (χ3n) is 6.88. The lowest BCUT2D eigenvalue weighted by Gasteiger charge is -2.31. The van der Waals surface area contributed by atoms with E-state index in [1.54, 1.807) is 29.2 Å². The predicted molar refractivity (Wildman–Crippen MR) is 131 cm³/mol. The van der Waals surface area contributed by atoms with Gasteiger partial charge in [-0.15, -0.1) is 5.10 Å². The summed E-state index contributed by atoms with van der Waals surface area (Å²) in [5.41, 5.74) is 0.926. The Bertz CT molecular complexity index is 1250. The largest absolute Gasteiger partial charge is 0.489 e. The average Bonchev–Trinajstić information content (AvgIpc) is 3.54. The maximum atomic E-state index is 13.2. The zero-order chi connectivity index (χ0) is 25.2. The lowest BCUT2D eigenvalue weighted by molar-refractivity contribution is 0.0345. The van der Waals surface area contributed by atoms with E-state index in [1.165, 1.54) is 0 Å². The number of carbonyl (C=O) groups is 1. The second kappa shape index (κ2) is 10.3. The molecule has 13 nitrogen and oxygen atoms in total. The number of hydrogen-bond acceptors (Lipinski definition) is 11. The van der Waals surface area contributed by atoms with Crippen LogP contribution < -0.4 is 19.9 Å². The van der Waals surface area contributed by atoms with Crippen molar-refractivity contribution in [1.29, 1.82) is 0 Å². The van der Waals surface area contributed by atoms with Gasteiger partial charge in [-0.3, -0.25) is 4.79 Å². The molecule has 2 bridgehead atoms. The Kier molecular flexibility index (Phi) is 6.53. The summed E-state index contributed by atoms with van der Waals surface area (Å²) in [5, 5.41) is 21.3. The molecule has 0 aromatic carbocycles. The number of rotatable bonds is 2. The van der Waals surface area contributed by atoms with Gasteiger partial charge in [-0.05, 0) is 31.0 Å². The van der Waals surface area contributed by atoms with Crippen LogP contribution in [0.5, 0.6) is 5.75 Å². The number of carbonyl (C=O) groups excluding carboxylic acids is 1. The molecule has 2 atom stereocenters. The molecule has 0 aliphatic carbocycles. The molecule has 0 unspecified atom stereocenters. The third-order valence-corrected chi connectivity index (χ3v) is 6.88. The van der Waals surface area contributed by atoms with Crippen LogP contribution in [0.1, 0.15) is 29.0 Å². The summed E-state index contributed by atoms with van der Waals surface area (Å²) in [6.07, 6.45) is 6.01. The topological polar surface area (TPSA) is 144 Å². The first-order chi connectivity index (χ1) is 18.1. The van der Waals surface area contributed by atoms with Crippen LogP contribution in [0.2, 0.25) is 0 Å². The van der Waals surface area contributed by atoms with Gasteiger partial charge in [0.25, 0.3) is 5.91 Å². The normalized spacial score (nSPS) is 23.0. The van der Waals surface area contributed by atoms with Crippen molar-refractivity contribution in [3.05, 3.63) is 48.2 Å². The molecule has 6 heterocycles. The Balaban J connectivity index is 1.24. The van der Waals surface area contributed by atoms with Gasteiger partial charge in [0.2, 0.25) is 5.95 Å². The summed E-state index contributed by atoms with van der Waals surface area (Å²) in [6, 6.07) is 5.02. The summed E-state index contributed by atoms with van der Waals surface area (Å²) in [6.45, 7) is 3.51. The zero-order valence-electron chi connectivity index (χ0n) is 20.3. The standard InChI is InChI=1S/C24H29N9O4/c34-17-4-8-31(9-5-17)21-3-7-26-24(28-21)32-13-18-20(14-32)37-15-16-12-33(30-29-16)10-11-36-19-2-1-6-25-22(19)23(35)27-18/h1-3,6-7,12,17-18,20,34H,4-5,8-11,13-15H2,(H,27,35)/t18-,20-/m0/s1. The molecule has 0 radical (unpaired) electrons. The zero-order valence-corrected chi connectivity index (χ0v) is 20.3. The molecule has 37 heavy (non-hydrogen) atoms.